The SMILES string of the molecule is O=C1CNC(=O)[C@@H](Cc2ccc(NC(=O)[C@H](Cc3ccccc3Cl)NC(=O)Cc3ccccc3)cc2)NC(=O)CC2(CCCC2)CC(=O)N[C@H](C(=O)O)CCCCN1. The monoisotopic (exact) mass is 814 g/mol. The summed E-state index contributed by atoms with van der Waals surface area (Å²) in [4.78, 5) is 91.4. The number of carbonyl (C=O) groups excluding carboxylic acids is 6. The van der Waals surface area contributed by atoms with Crippen molar-refractivity contribution in [3.8, 4) is 0 Å². The molecule has 14 nitrogen and oxygen atoms in total. The molecular formula is C43H51ClN6O8. The van der Waals surface area contributed by atoms with Gasteiger partial charge in [-0.2, -0.15) is 0 Å². The third kappa shape index (κ3) is 13.4. The van der Waals surface area contributed by atoms with Gasteiger partial charge in [0, 0.05) is 42.9 Å². The highest BCUT2D eigenvalue weighted by Crippen LogP contribution is 2.44. The summed E-state index contributed by atoms with van der Waals surface area (Å²) in [6.45, 7) is -0.0763. The molecule has 0 radical (unpaired) electrons. The molecule has 6 amide bonds. The summed E-state index contributed by atoms with van der Waals surface area (Å²) in [6, 6.07) is 19.9. The molecule has 5 rings (SSSR count). The van der Waals surface area contributed by atoms with Crippen molar-refractivity contribution < 1.29 is 38.7 Å². The molecule has 3 atom stereocenters. The summed E-state index contributed by atoms with van der Waals surface area (Å²) in [6.07, 6.45) is 4.16. The van der Waals surface area contributed by atoms with Gasteiger partial charge in [0.15, 0.2) is 0 Å². The third-order valence-electron chi connectivity index (χ3n) is 10.6. The zero-order chi connectivity index (χ0) is 41.5. The molecule has 0 bridgehead atoms. The van der Waals surface area contributed by atoms with Gasteiger partial charge < -0.3 is 37.0 Å². The van der Waals surface area contributed by atoms with E-state index in [1.807, 2.05) is 30.3 Å². The largest absolute Gasteiger partial charge is 0.480 e. The Morgan fingerprint density at radius 2 is 1.45 bits per heavy atom. The Labute approximate surface area is 342 Å². The molecule has 1 aliphatic heterocycles. The Balaban J connectivity index is 1.28. The van der Waals surface area contributed by atoms with Crippen LogP contribution in [0.3, 0.4) is 0 Å². The van der Waals surface area contributed by atoms with E-state index in [0.717, 1.165) is 18.4 Å². The summed E-state index contributed by atoms with van der Waals surface area (Å²) in [5, 5.41) is 26.6. The summed E-state index contributed by atoms with van der Waals surface area (Å²) in [7, 11) is 0. The van der Waals surface area contributed by atoms with Crippen molar-refractivity contribution in [2.75, 3.05) is 18.4 Å². The lowest BCUT2D eigenvalue weighted by molar-refractivity contribution is -0.142. The number of benzene rings is 3. The molecule has 2 aliphatic rings. The van der Waals surface area contributed by atoms with Crippen LogP contribution >= 0.6 is 11.6 Å². The van der Waals surface area contributed by atoms with Crippen LogP contribution in [0.1, 0.15) is 74.5 Å². The molecule has 1 spiro atoms. The smallest absolute Gasteiger partial charge is 0.326 e. The lowest BCUT2D eigenvalue weighted by Crippen LogP contribution is -2.51. The average molecular weight is 815 g/mol. The Bertz CT molecular complexity index is 1940. The molecular weight excluding hydrogens is 764 g/mol. The first-order valence-corrected chi connectivity index (χ1v) is 20.1. The van der Waals surface area contributed by atoms with Crippen LogP contribution < -0.4 is 31.9 Å². The van der Waals surface area contributed by atoms with Crippen molar-refractivity contribution in [1.29, 1.82) is 0 Å². The van der Waals surface area contributed by atoms with Crippen LogP contribution in [0.5, 0.6) is 0 Å². The van der Waals surface area contributed by atoms with Gasteiger partial charge in [0.05, 0.1) is 13.0 Å². The fraction of sp³-hybridized carbons (Fsp3) is 0.419. The molecule has 1 saturated heterocycles. The van der Waals surface area contributed by atoms with Crippen molar-refractivity contribution in [3.63, 3.8) is 0 Å². The third-order valence-corrected chi connectivity index (χ3v) is 11.0. The number of hydrogen-bond acceptors (Lipinski definition) is 7. The standard InChI is InChI=1S/C43H51ClN6O8/c44-32-13-5-4-12-30(32)24-35(49-36(51)23-28-10-2-1-3-11-28)41(56)47-31-17-15-29(16-18-31)22-34-40(55)46-27-39(54)45-21-9-6-14-33(42(57)58)48-37(52)25-43(19-7-8-20-43)26-38(53)50-34/h1-5,10-13,15-18,33-35H,6-9,14,19-27H2,(H,45,54)(H,46,55)(H,47,56)(H,48,52)(H,49,51)(H,50,53)(H,57,58)/t33-,34+,35-/m0/s1. The number of nitrogens with one attached hydrogen (secondary N) is 6. The molecule has 58 heavy (non-hydrogen) atoms. The van der Waals surface area contributed by atoms with Gasteiger partial charge >= 0.3 is 5.97 Å². The highest BCUT2D eigenvalue weighted by molar-refractivity contribution is 6.31. The molecule has 3 aromatic carbocycles. The zero-order valence-electron chi connectivity index (χ0n) is 32.3. The minimum atomic E-state index is -1.15. The number of halogens is 1. The molecule has 3 aromatic rings. The number of carbonyl (C=O) groups is 7. The predicted molar refractivity (Wildman–Crippen MR) is 218 cm³/mol. The van der Waals surface area contributed by atoms with Crippen molar-refractivity contribution in [1.82, 2.24) is 26.6 Å². The molecule has 7 N–H and O–H groups in total. The molecule has 1 saturated carbocycles. The van der Waals surface area contributed by atoms with Gasteiger partial charge in [0.2, 0.25) is 35.4 Å². The van der Waals surface area contributed by atoms with Crippen LogP contribution in [0.15, 0.2) is 78.9 Å². The van der Waals surface area contributed by atoms with Crippen molar-refractivity contribution in [2.45, 2.75) is 95.2 Å². The van der Waals surface area contributed by atoms with E-state index in [2.05, 4.69) is 31.9 Å². The Kier molecular flexibility index (Phi) is 15.8. The number of rotatable bonds is 10. The minimum absolute atomic E-state index is 0.0136. The van der Waals surface area contributed by atoms with Crippen LogP contribution in [0.2, 0.25) is 5.02 Å². The predicted octanol–water partition coefficient (Wildman–Crippen LogP) is 3.60. The van der Waals surface area contributed by atoms with Crippen molar-refractivity contribution in [3.05, 3.63) is 101 Å². The van der Waals surface area contributed by atoms with E-state index in [9.17, 15) is 38.7 Å². The maximum Gasteiger partial charge on any atom is 0.326 e. The first-order valence-electron chi connectivity index (χ1n) is 19.7. The summed E-state index contributed by atoms with van der Waals surface area (Å²) < 4.78 is 0. The lowest BCUT2D eigenvalue weighted by Gasteiger charge is -2.29. The second-order valence-electron chi connectivity index (χ2n) is 15.2. The summed E-state index contributed by atoms with van der Waals surface area (Å²) in [5.74, 6) is -3.85. The Morgan fingerprint density at radius 3 is 2.14 bits per heavy atom. The van der Waals surface area contributed by atoms with Crippen LogP contribution in [0, 0.1) is 5.41 Å². The molecule has 1 heterocycles. The van der Waals surface area contributed by atoms with Crippen LogP contribution in [-0.2, 0) is 52.8 Å². The fourth-order valence-electron chi connectivity index (χ4n) is 7.54. The zero-order valence-corrected chi connectivity index (χ0v) is 33.1. The van der Waals surface area contributed by atoms with Gasteiger partial charge in [-0.1, -0.05) is 85.1 Å². The fourth-order valence-corrected chi connectivity index (χ4v) is 7.76. The van der Waals surface area contributed by atoms with E-state index in [-0.39, 0.29) is 57.5 Å². The Hall–Kier alpha value is -5.76. The number of carboxylic acids is 1. The molecule has 308 valence electrons. The lowest BCUT2D eigenvalue weighted by atomic mass is 9.78. The number of hydrogen-bond donors (Lipinski definition) is 7. The second kappa shape index (κ2) is 21.1. The average Bonchev–Trinajstić information content (AvgIpc) is 3.64. The van der Waals surface area contributed by atoms with E-state index < -0.39 is 59.0 Å². The van der Waals surface area contributed by atoms with Crippen LogP contribution in [0.4, 0.5) is 5.69 Å². The summed E-state index contributed by atoms with van der Waals surface area (Å²) in [5.41, 5.74) is 1.87. The molecule has 0 unspecified atom stereocenters. The number of aliphatic carboxylic acids is 1. The second-order valence-corrected chi connectivity index (χ2v) is 15.6. The van der Waals surface area contributed by atoms with Gasteiger partial charge in [-0.05, 0) is 72.4 Å². The number of carboxylic acid groups (broad SMARTS) is 1. The van der Waals surface area contributed by atoms with Crippen molar-refractivity contribution >= 4 is 58.7 Å². The van der Waals surface area contributed by atoms with E-state index >= 15 is 0 Å². The first-order chi connectivity index (χ1) is 27.9. The quantitative estimate of drug-likeness (QED) is 0.160. The van der Waals surface area contributed by atoms with Gasteiger partial charge in [-0.25, -0.2) is 4.79 Å². The van der Waals surface area contributed by atoms with E-state index in [0.29, 0.717) is 47.5 Å². The number of amides is 6. The molecule has 1 aliphatic carbocycles. The van der Waals surface area contributed by atoms with Crippen LogP contribution in [-0.4, -0.2) is 77.7 Å². The van der Waals surface area contributed by atoms with Gasteiger partial charge in [0.1, 0.15) is 18.1 Å². The minimum Gasteiger partial charge on any atom is -0.480 e. The highest BCUT2D eigenvalue weighted by Gasteiger charge is 2.39. The maximum absolute atomic E-state index is 13.6. The van der Waals surface area contributed by atoms with E-state index in [1.165, 1.54) is 0 Å². The van der Waals surface area contributed by atoms with E-state index in [4.69, 9.17) is 11.6 Å². The highest BCUT2D eigenvalue weighted by atomic mass is 35.5. The molecule has 15 heteroatoms. The maximum atomic E-state index is 13.6. The number of anilines is 1. The van der Waals surface area contributed by atoms with Crippen molar-refractivity contribution in [2.24, 2.45) is 5.41 Å². The topological polar surface area (TPSA) is 212 Å². The van der Waals surface area contributed by atoms with Gasteiger partial charge in [-0.3, -0.25) is 28.8 Å². The normalized spacial score (nSPS) is 19.9. The summed E-state index contributed by atoms with van der Waals surface area (Å²) >= 11 is 6.41. The van der Waals surface area contributed by atoms with Gasteiger partial charge in [-0.15, -0.1) is 0 Å². The molecule has 0 aromatic heterocycles. The van der Waals surface area contributed by atoms with Crippen LogP contribution in [0.25, 0.3) is 0 Å². The molecule has 2 fully saturated rings. The Morgan fingerprint density at radius 1 is 0.776 bits per heavy atom. The van der Waals surface area contributed by atoms with Gasteiger partial charge in [0.25, 0.3) is 0 Å². The van der Waals surface area contributed by atoms with E-state index in [1.54, 1.807) is 48.5 Å². The first kappa shape index (κ1) is 43.4.